The van der Waals surface area contributed by atoms with E-state index in [1.807, 2.05) is 0 Å². The van der Waals surface area contributed by atoms with Crippen molar-refractivity contribution in [3.8, 4) is 0 Å². The van der Waals surface area contributed by atoms with E-state index >= 15 is 0 Å². The molecule has 0 saturated heterocycles. The molecule has 0 nitrogen and oxygen atoms in total. The van der Waals surface area contributed by atoms with Crippen LogP contribution in [-0.2, 0) is 0 Å². The van der Waals surface area contributed by atoms with Crippen molar-refractivity contribution in [3.63, 3.8) is 0 Å². The van der Waals surface area contributed by atoms with Crippen LogP contribution in [0.25, 0.3) is 0 Å². The highest BCUT2D eigenvalue weighted by atomic mass is 14.4. The van der Waals surface area contributed by atoms with Crippen LogP contribution >= 0.6 is 0 Å². The third kappa shape index (κ3) is 18.5. The molecule has 0 spiro atoms. The standard InChI is InChI=1S/2C12H18.2C11H22.3CH4/c1-9(2)11-6-5-7-12(8-11)10(3)4;1-9(2)11-7-5-6-8-12(11)10(3)4;1-8(2)10-5-6-11(7-10)9(3)4;1-8(2)10-6-5-7-11(10)9(3)4;;;/h2*5-10H,1-4H3;2*8-11H,5-7H2,1-4H3;3*1H4. The lowest BCUT2D eigenvalue weighted by Gasteiger charge is -2.26. The topological polar surface area (TPSA) is 0 Å². The van der Waals surface area contributed by atoms with Gasteiger partial charge in [0.05, 0.1) is 0 Å². The molecule has 0 bridgehead atoms. The van der Waals surface area contributed by atoms with E-state index < -0.39 is 0 Å². The molecule has 2 aromatic carbocycles. The average Bonchev–Trinajstić information content (AvgIpc) is 3.70. The van der Waals surface area contributed by atoms with Gasteiger partial charge < -0.3 is 0 Å². The lowest BCUT2D eigenvalue weighted by molar-refractivity contribution is 0.235. The van der Waals surface area contributed by atoms with E-state index in [1.54, 1.807) is 0 Å². The fourth-order valence-corrected chi connectivity index (χ4v) is 7.78. The summed E-state index contributed by atoms with van der Waals surface area (Å²) >= 11 is 0. The van der Waals surface area contributed by atoms with Crippen LogP contribution in [-0.4, -0.2) is 0 Å². The molecule has 0 amide bonds. The first-order valence-corrected chi connectivity index (χ1v) is 19.7. The van der Waals surface area contributed by atoms with Gasteiger partial charge in [-0.1, -0.05) is 188 Å². The van der Waals surface area contributed by atoms with Crippen LogP contribution in [0, 0.1) is 47.3 Å². The Hall–Kier alpha value is -1.56. The van der Waals surface area contributed by atoms with Gasteiger partial charge in [-0.25, -0.2) is 0 Å². The lowest BCUT2D eigenvalue weighted by Crippen LogP contribution is -2.18. The Morgan fingerprint density at radius 3 is 1.00 bits per heavy atom. The summed E-state index contributed by atoms with van der Waals surface area (Å²) in [5.41, 5.74) is 5.88. The van der Waals surface area contributed by atoms with Crippen molar-refractivity contribution in [2.24, 2.45) is 47.3 Å². The van der Waals surface area contributed by atoms with Gasteiger partial charge in [-0.05, 0) is 125 Å². The van der Waals surface area contributed by atoms with Crippen molar-refractivity contribution in [1.82, 2.24) is 0 Å². The zero-order valence-corrected chi connectivity index (χ0v) is 33.8. The van der Waals surface area contributed by atoms with Crippen molar-refractivity contribution < 1.29 is 0 Å². The summed E-state index contributed by atoms with van der Waals surface area (Å²) in [6.45, 7) is 36.9. The molecular weight excluding hydrogens is 589 g/mol. The van der Waals surface area contributed by atoms with Crippen LogP contribution in [0.1, 0.15) is 218 Å². The monoisotopic (exact) mass is 681 g/mol. The van der Waals surface area contributed by atoms with Gasteiger partial charge in [0, 0.05) is 0 Å². The van der Waals surface area contributed by atoms with Crippen LogP contribution in [0.5, 0.6) is 0 Å². The molecule has 2 saturated carbocycles. The molecule has 0 aromatic heterocycles. The fourth-order valence-electron chi connectivity index (χ4n) is 7.78. The SMILES string of the molecule is C.C.C.CC(C)C1CCC(C(C)C)C1.CC(C)C1CCCC1C(C)C.CC(C)c1cccc(C(C)C)c1.CC(C)c1ccccc1C(C)C. The van der Waals surface area contributed by atoms with E-state index in [4.69, 9.17) is 0 Å². The maximum atomic E-state index is 2.38. The number of benzene rings is 2. The van der Waals surface area contributed by atoms with E-state index in [-0.39, 0.29) is 22.3 Å². The van der Waals surface area contributed by atoms with Gasteiger partial charge in [-0.3, -0.25) is 0 Å². The van der Waals surface area contributed by atoms with Crippen LogP contribution in [0.4, 0.5) is 0 Å². The Labute approximate surface area is 312 Å². The highest BCUT2D eigenvalue weighted by Crippen LogP contribution is 2.41. The number of hydrogen-bond donors (Lipinski definition) is 0. The largest absolute Gasteiger partial charge is 0.0776 e. The predicted molar refractivity (Wildman–Crippen MR) is 230 cm³/mol. The minimum atomic E-state index is 0. The van der Waals surface area contributed by atoms with E-state index in [0.29, 0.717) is 23.7 Å². The highest BCUT2D eigenvalue weighted by Gasteiger charge is 2.31. The van der Waals surface area contributed by atoms with Crippen molar-refractivity contribution in [1.29, 1.82) is 0 Å². The Kier molecular flexibility index (Phi) is 27.8. The Morgan fingerprint density at radius 2 is 0.755 bits per heavy atom. The highest BCUT2D eigenvalue weighted by molar-refractivity contribution is 5.32. The van der Waals surface area contributed by atoms with Gasteiger partial charge in [0.15, 0.2) is 0 Å². The van der Waals surface area contributed by atoms with E-state index in [2.05, 4.69) is 159 Å². The van der Waals surface area contributed by atoms with Gasteiger partial charge >= 0.3 is 0 Å². The molecular formula is C49H92. The van der Waals surface area contributed by atoms with Gasteiger partial charge in [0.2, 0.25) is 0 Å². The van der Waals surface area contributed by atoms with Crippen LogP contribution < -0.4 is 0 Å². The smallest absolute Gasteiger partial charge is 0.0216 e. The predicted octanol–water partition coefficient (Wildman–Crippen LogP) is 17.2. The molecule has 0 aliphatic heterocycles. The molecule has 2 fully saturated rings. The number of hydrogen-bond acceptors (Lipinski definition) is 0. The summed E-state index contributed by atoms with van der Waals surface area (Å²) in [6, 6.07) is 17.6. The molecule has 4 atom stereocenters. The zero-order chi connectivity index (χ0) is 35.1. The molecule has 49 heavy (non-hydrogen) atoms. The second kappa shape index (κ2) is 26.2. The molecule has 2 aromatic rings. The molecule has 4 unspecified atom stereocenters. The van der Waals surface area contributed by atoms with E-state index in [9.17, 15) is 0 Å². The summed E-state index contributed by atoms with van der Waals surface area (Å²) in [4.78, 5) is 0. The first kappa shape index (κ1) is 51.8. The molecule has 0 heteroatoms. The summed E-state index contributed by atoms with van der Waals surface area (Å²) in [5.74, 6) is 10.3. The Balaban J connectivity index is -0.000000565. The minimum absolute atomic E-state index is 0. The summed E-state index contributed by atoms with van der Waals surface area (Å²) < 4.78 is 0. The van der Waals surface area contributed by atoms with E-state index in [0.717, 1.165) is 47.3 Å². The second-order valence-corrected chi connectivity index (χ2v) is 17.5. The molecule has 0 N–H and O–H groups in total. The van der Waals surface area contributed by atoms with Gasteiger partial charge in [-0.15, -0.1) is 0 Å². The third-order valence-electron chi connectivity index (χ3n) is 11.2. The summed E-state index contributed by atoms with van der Waals surface area (Å²) in [5, 5.41) is 0. The first-order valence-electron chi connectivity index (χ1n) is 19.7. The van der Waals surface area contributed by atoms with Crippen LogP contribution in [0.3, 0.4) is 0 Å². The van der Waals surface area contributed by atoms with Crippen LogP contribution in [0.15, 0.2) is 48.5 Å². The van der Waals surface area contributed by atoms with Crippen LogP contribution in [0.2, 0.25) is 0 Å². The van der Waals surface area contributed by atoms with Gasteiger partial charge in [-0.2, -0.15) is 0 Å². The van der Waals surface area contributed by atoms with E-state index in [1.165, 1.54) is 60.8 Å². The lowest BCUT2D eigenvalue weighted by atomic mass is 9.80. The van der Waals surface area contributed by atoms with Gasteiger partial charge in [0.1, 0.15) is 0 Å². The molecule has 0 radical (unpaired) electrons. The second-order valence-electron chi connectivity index (χ2n) is 17.5. The molecule has 2 aliphatic carbocycles. The maximum absolute atomic E-state index is 2.38. The summed E-state index contributed by atoms with van der Waals surface area (Å²) in [6.07, 6.45) is 8.92. The average molecular weight is 681 g/mol. The first-order chi connectivity index (χ1) is 21.5. The number of rotatable bonds is 8. The summed E-state index contributed by atoms with van der Waals surface area (Å²) in [7, 11) is 0. The normalized spacial score (nSPS) is 19.9. The maximum Gasteiger partial charge on any atom is -0.0216 e. The van der Waals surface area contributed by atoms with Crippen molar-refractivity contribution in [2.45, 2.75) is 195 Å². The minimum Gasteiger partial charge on any atom is -0.0776 e. The fraction of sp³-hybridized carbons (Fsp3) is 0.755. The Bertz CT molecular complexity index is 971. The third-order valence-corrected chi connectivity index (χ3v) is 11.2. The zero-order valence-electron chi connectivity index (χ0n) is 33.8. The molecule has 4 rings (SSSR count). The quantitative estimate of drug-likeness (QED) is 0.260. The molecule has 0 heterocycles. The van der Waals surface area contributed by atoms with Crippen molar-refractivity contribution in [3.05, 3.63) is 70.8 Å². The van der Waals surface area contributed by atoms with Crippen molar-refractivity contribution in [2.75, 3.05) is 0 Å². The Morgan fingerprint density at radius 1 is 0.408 bits per heavy atom. The molecule has 288 valence electrons. The van der Waals surface area contributed by atoms with Crippen molar-refractivity contribution >= 4 is 0 Å². The molecule has 2 aliphatic rings. The van der Waals surface area contributed by atoms with Gasteiger partial charge in [0.25, 0.3) is 0 Å².